The van der Waals surface area contributed by atoms with Crippen molar-refractivity contribution in [2.45, 2.75) is 13.8 Å². The molecule has 2 N–H and O–H groups in total. The van der Waals surface area contributed by atoms with E-state index >= 15 is 0 Å². The van der Waals surface area contributed by atoms with E-state index < -0.39 is 11.9 Å². The summed E-state index contributed by atoms with van der Waals surface area (Å²) >= 11 is 0. The van der Waals surface area contributed by atoms with E-state index in [0.717, 1.165) is 0 Å². The zero-order chi connectivity index (χ0) is 10.1. The Hall–Kier alpha value is -0.580. The zero-order valence-electron chi connectivity index (χ0n) is 7.07. The molecular formula is C8H13NaO4. The number of allylic oxidation sites excluding steroid dienone is 1. The van der Waals surface area contributed by atoms with Gasteiger partial charge in [-0.05, 0) is 13.8 Å². The summed E-state index contributed by atoms with van der Waals surface area (Å²) in [7, 11) is 0. The molecule has 0 aromatic carbocycles. The average Bonchev–Trinajstić information content (AvgIpc) is 1.82. The van der Waals surface area contributed by atoms with Gasteiger partial charge in [-0.3, -0.25) is 0 Å². The molecule has 0 rings (SSSR count). The third kappa shape index (κ3) is 51.9. The van der Waals surface area contributed by atoms with E-state index in [2.05, 4.69) is 6.58 Å². The third-order valence-electron chi connectivity index (χ3n) is 0.368. The molecule has 5 heteroatoms. The molecule has 0 radical (unpaired) electrons. The summed E-state index contributed by atoms with van der Waals surface area (Å²) in [6, 6.07) is 0. The normalized spacial score (nSPS) is 7.85. The first-order valence-corrected chi connectivity index (χ1v) is 3.12. The van der Waals surface area contributed by atoms with Gasteiger partial charge >= 0.3 is 41.5 Å². The van der Waals surface area contributed by atoms with Gasteiger partial charge in [0.15, 0.2) is 0 Å². The third-order valence-corrected chi connectivity index (χ3v) is 0.368. The van der Waals surface area contributed by atoms with Crippen molar-refractivity contribution in [1.82, 2.24) is 0 Å². The molecule has 0 aliphatic rings. The molecule has 0 aliphatic carbocycles. The number of hydrogen-bond acceptors (Lipinski definition) is 2. The molecule has 0 saturated heterocycles. The minimum atomic E-state index is -1.26. The number of carboxylic acid groups (broad SMARTS) is 2. The summed E-state index contributed by atoms with van der Waals surface area (Å²) in [6.07, 6.45) is 1.12. The number of rotatable bonds is 2. The first-order chi connectivity index (χ1) is 5.36. The van der Waals surface area contributed by atoms with Gasteiger partial charge in [0.25, 0.3) is 0 Å². The molecular weight excluding hydrogens is 183 g/mol. The Morgan fingerprint density at radius 2 is 1.23 bits per heavy atom. The van der Waals surface area contributed by atoms with Crippen molar-refractivity contribution in [2.75, 3.05) is 0 Å². The Labute approximate surface area is 99.2 Å². The standard InChI is InChI=1S/C4H4O4.C4H8.Na.H/c5-3(6)1-2-4(7)8;1-4(2)3;;/h1-2H,(H,5,6)(H,7,8);1H2,2-3H3;;/b2-1-;;;. The maximum absolute atomic E-state index is 9.55. The van der Waals surface area contributed by atoms with Crippen LogP contribution in [0, 0.1) is 0 Å². The molecule has 70 valence electrons. The summed E-state index contributed by atoms with van der Waals surface area (Å²) in [6.45, 7) is 7.50. The van der Waals surface area contributed by atoms with Crippen molar-refractivity contribution in [3.05, 3.63) is 24.3 Å². The van der Waals surface area contributed by atoms with Crippen molar-refractivity contribution < 1.29 is 19.8 Å². The molecule has 0 aliphatic heterocycles. The van der Waals surface area contributed by atoms with Crippen LogP contribution >= 0.6 is 0 Å². The molecule has 0 spiro atoms. The summed E-state index contributed by atoms with van der Waals surface area (Å²) in [4.78, 5) is 19.1. The van der Waals surface area contributed by atoms with Gasteiger partial charge in [0.2, 0.25) is 0 Å². The molecule has 0 saturated carbocycles. The quantitative estimate of drug-likeness (QED) is 0.386. The van der Waals surface area contributed by atoms with E-state index in [9.17, 15) is 9.59 Å². The number of hydrogen-bond donors (Lipinski definition) is 2. The molecule has 4 nitrogen and oxygen atoms in total. The van der Waals surface area contributed by atoms with Gasteiger partial charge in [-0.1, -0.05) is 5.57 Å². The molecule has 0 bridgehead atoms. The second kappa shape index (κ2) is 11.4. The molecule has 0 heterocycles. The van der Waals surface area contributed by atoms with Crippen LogP contribution < -0.4 is 0 Å². The molecule has 13 heavy (non-hydrogen) atoms. The van der Waals surface area contributed by atoms with Crippen LogP contribution in [0.2, 0.25) is 0 Å². The molecule has 0 unspecified atom stereocenters. The van der Waals surface area contributed by atoms with Crippen molar-refractivity contribution in [2.24, 2.45) is 0 Å². The number of aliphatic carboxylic acids is 2. The van der Waals surface area contributed by atoms with E-state index in [1.807, 2.05) is 13.8 Å². The van der Waals surface area contributed by atoms with E-state index in [4.69, 9.17) is 10.2 Å². The number of carboxylic acids is 2. The van der Waals surface area contributed by atoms with Crippen LogP contribution in [0.15, 0.2) is 24.3 Å². The first-order valence-electron chi connectivity index (χ1n) is 3.12. The SMILES string of the molecule is C=C(C)C.O=C(O)/C=C\C(=O)O.[NaH]. The van der Waals surface area contributed by atoms with E-state index in [1.165, 1.54) is 5.57 Å². The first kappa shape index (κ1) is 18.3. The second-order valence-corrected chi connectivity index (χ2v) is 2.22. The van der Waals surface area contributed by atoms with Gasteiger partial charge in [0.05, 0.1) is 0 Å². The van der Waals surface area contributed by atoms with Crippen LogP contribution in [-0.2, 0) is 9.59 Å². The topological polar surface area (TPSA) is 74.6 Å². The van der Waals surface area contributed by atoms with Crippen molar-refractivity contribution in [1.29, 1.82) is 0 Å². The fourth-order valence-electron chi connectivity index (χ4n) is 0.143. The second-order valence-electron chi connectivity index (χ2n) is 2.22. The van der Waals surface area contributed by atoms with Crippen molar-refractivity contribution in [3.8, 4) is 0 Å². The zero-order valence-corrected chi connectivity index (χ0v) is 7.07. The molecule has 0 atom stereocenters. The van der Waals surface area contributed by atoms with E-state index in [0.29, 0.717) is 12.2 Å². The van der Waals surface area contributed by atoms with Crippen LogP contribution in [-0.4, -0.2) is 51.7 Å². The van der Waals surface area contributed by atoms with Crippen molar-refractivity contribution in [3.63, 3.8) is 0 Å². The monoisotopic (exact) mass is 196 g/mol. The predicted octanol–water partition coefficient (Wildman–Crippen LogP) is 0.646. The van der Waals surface area contributed by atoms with Crippen LogP contribution in [0.5, 0.6) is 0 Å². The average molecular weight is 196 g/mol. The summed E-state index contributed by atoms with van der Waals surface area (Å²) < 4.78 is 0. The summed E-state index contributed by atoms with van der Waals surface area (Å²) in [5, 5.41) is 15.6. The Morgan fingerprint density at radius 1 is 1.08 bits per heavy atom. The predicted molar refractivity (Wildman–Crippen MR) is 52.0 cm³/mol. The molecule has 0 fully saturated rings. The van der Waals surface area contributed by atoms with Gasteiger partial charge in [-0.2, -0.15) is 0 Å². The van der Waals surface area contributed by atoms with Gasteiger partial charge in [-0.25, -0.2) is 9.59 Å². The summed E-state index contributed by atoms with van der Waals surface area (Å²) in [5.74, 6) is -2.51. The molecule has 0 aromatic heterocycles. The van der Waals surface area contributed by atoms with Gasteiger partial charge in [0, 0.05) is 12.2 Å². The van der Waals surface area contributed by atoms with Crippen LogP contribution in [0.25, 0.3) is 0 Å². The van der Waals surface area contributed by atoms with E-state index in [1.54, 1.807) is 0 Å². The maximum atomic E-state index is 9.55. The van der Waals surface area contributed by atoms with Crippen molar-refractivity contribution >= 4 is 41.5 Å². The summed E-state index contributed by atoms with van der Waals surface area (Å²) in [5.41, 5.74) is 1.17. The van der Waals surface area contributed by atoms with Gasteiger partial charge in [0.1, 0.15) is 0 Å². The van der Waals surface area contributed by atoms with Crippen LogP contribution in [0.1, 0.15) is 13.8 Å². The Kier molecular flexibility index (Phi) is 16.0. The Bertz CT molecular complexity index is 188. The number of carbonyl (C=O) groups is 2. The molecule has 0 aromatic rings. The fourth-order valence-corrected chi connectivity index (χ4v) is 0.143. The fraction of sp³-hybridized carbons (Fsp3) is 0.250. The minimum absolute atomic E-state index is 0. The van der Waals surface area contributed by atoms with E-state index in [-0.39, 0.29) is 29.6 Å². The Balaban J connectivity index is -0.000000173. The van der Waals surface area contributed by atoms with Crippen LogP contribution in [0.3, 0.4) is 0 Å². The Morgan fingerprint density at radius 3 is 1.31 bits per heavy atom. The van der Waals surface area contributed by atoms with Gasteiger partial charge < -0.3 is 10.2 Å². The van der Waals surface area contributed by atoms with Crippen LogP contribution in [0.4, 0.5) is 0 Å². The molecule has 0 amide bonds. The van der Waals surface area contributed by atoms with Gasteiger partial charge in [-0.15, -0.1) is 6.58 Å².